The number of nitrogens with one attached hydrogen (secondary N) is 2. The molecule has 0 bridgehead atoms. The standard InChI is InChI=1S/C47H42N2O6S/c50-44(51)42(48-46(53)55-30-41-39-27-15-13-25-37(39)38-26-14-16-28-40(38)41)31-56-32-43(45(52)54-29-33-17-5-1-6-18-33)49-47(34-19-7-2-8-20-34,35-21-9-3-10-22-35)36-23-11-4-12-24-36/h1-28,41-43,49H,29-32H2,(H,48,53)(H,50,51)/t42-,43-/m0/s1. The van der Waals surface area contributed by atoms with Crippen LogP contribution in [0.25, 0.3) is 11.1 Å². The van der Waals surface area contributed by atoms with Crippen molar-refractivity contribution in [3.63, 3.8) is 0 Å². The maximum atomic E-state index is 14.2. The number of esters is 1. The summed E-state index contributed by atoms with van der Waals surface area (Å²) in [5.74, 6) is -1.77. The van der Waals surface area contributed by atoms with E-state index in [1.807, 2.05) is 158 Å². The zero-order valence-electron chi connectivity index (χ0n) is 30.6. The lowest BCUT2D eigenvalue weighted by Gasteiger charge is -2.39. The van der Waals surface area contributed by atoms with E-state index >= 15 is 0 Å². The molecule has 1 amide bonds. The molecule has 56 heavy (non-hydrogen) atoms. The Balaban J connectivity index is 1.10. The van der Waals surface area contributed by atoms with E-state index in [0.29, 0.717) is 0 Å². The van der Waals surface area contributed by atoms with Gasteiger partial charge in [-0.2, -0.15) is 11.8 Å². The minimum Gasteiger partial charge on any atom is -0.480 e. The Labute approximate surface area is 330 Å². The lowest BCUT2D eigenvalue weighted by Crippen LogP contribution is -2.54. The number of rotatable bonds is 16. The van der Waals surface area contributed by atoms with Gasteiger partial charge < -0.3 is 19.9 Å². The highest BCUT2D eigenvalue weighted by atomic mass is 32.2. The van der Waals surface area contributed by atoms with E-state index in [4.69, 9.17) is 9.47 Å². The van der Waals surface area contributed by atoms with Gasteiger partial charge in [0.25, 0.3) is 0 Å². The number of ether oxygens (including phenoxy) is 2. The lowest BCUT2D eigenvalue weighted by atomic mass is 9.76. The Morgan fingerprint density at radius 2 is 1.04 bits per heavy atom. The molecule has 1 aliphatic carbocycles. The highest BCUT2D eigenvalue weighted by Crippen LogP contribution is 2.44. The molecule has 3 N–H and O–H groups in total. The van der Waals surface area contributed by atoms with Crippen LogP contribution in [0.5, 0.6) is 0 Å². The number of amides is 1. The van der Waals surface area contributed by atoms with Crippen molar-refractivity contribution in [3.05, 3.63) is 203 Å². The smallest absolute Gasteiger partial charge is 0.407 e. The number of benzene rings is 6. The normalized spacial score (nSPS) is 13.1. The molecule has 6 aromatic rings. The topological polar surface area (TPSA) is 114 Å². The average Bonchev–Trinajstić information content (AvgIpc) is 3.57. The summed E-state index contributed by atoms with van der Waals surface area (Å²) in [5.41, 5.74) is 6.87. The van der Waals surface area contributed by atoms with E-state index in [1.165, 1.54) is 11.8 Å². The van der Waals surface area contributed by atoms with Crippen LogP contribution >= 0.6 is 11.8 Å². The fourth-order valence-electron chi connectivity index (χ4n) is 7.33. The average molecular weight is 763 g/mol. The molecule has 6 aromatic carbocycles. The monoisotopic (exact) mass is 762 g/mol. The van der Waals surface area contributed by atoms with Crippen LogP contribution in [0.4, 0.5) is 4.79 Å². The maximum Gasteiger partial charge on any atom is 0.407 e. The molecule has 0 aliphatic heterocycles. The fourth-order valence-corrected chi connectivity index (χ4v) is 8.39. The van der Waals surface area contributed by atoms with Gasteiger partial charge in [-0.15, -0.1) is 0 Å². The molecular formula is C47H42N2O6S. The van der Waals surface area contributed by atoms with Crippen LogP contribution in [-0.4, -0.2) is 53.3 Å². The maximum absolute atomic E-state index is 14.2. The first kappa shape index (κ1) is 38.1. The van der Waals surface area contributed by atoms with E-state index in [0.717, 1.165) is 44.5 Å². The summed E-state index contributed by atoms with van der Waals surface area (Å²) in [6, 6.07) is 53.0. The van der Waals surface area contributed by atoms with Crippen molar-refractivity contribution in [2.24, 2.45) is 0 Å². The molecule has 0 unspecified atom stereocenters. The molecule has 0 aromatic heterocycles. The van der Waals surface area contributed by atoms with E-state index < -0.39 is 35.7 Å². The van der Waals surface area contributed by atoms with Crippen LogP contribution < -0.4 is 10.6 Å². The van der Waals surface area contributed by atoms with Gasteiger partial charge in [-0.1, -0.05) is 170 Å². The predicted molar refractivity (Wildman–Crippen MR) is 219 cm³/mol. The second-order valence-corrected chi connectivity index (χ2v) is 14.6. The van der Waals surface area contributed by atoms with Gasteiger partial charge in [0.05, 0.1) is 5.54 Å². The van der Waals surface area contributed by atoms with Crippen molar-refractivity contribution in [2.45, 2.75) is 30.1 Å². The van der Waals surface area contributed by atoms with Crippen molar-refractivity contribution in [3.8, 4) is 11.1 Å². The molecule has 2 atom stereocenters. The first-order valence-electron chi connectivity index (χ1n) is 18.5. The number of aliphatic carboxylic acids is 1. The van der Waals surface area contributed by atoms with E-state index in [-0.39, 0.29) is 30.6 Å². The summed E-state index contributed by atoms with van der Waals surface area (Å²) in [7, 11) is 0. The zero-order valence-corrected chi connectivity index (χ0v) is 31.4. The molecule has 0 saturated carbocycles. The van der Waals surface area contributed by atoms with Gasteiger partial charge in [0, 0.05) is 17.4 Å². The summed E-state index contributed by atoms with van der Waals surface area (Å²) < 4.78 is 11.6. The number of carbonyl (C=O) groups is 3. The van der Waals surface area contributed by atoms with Crippen molar-refractivity contribution in [1.82, 2.24) is 10.6 Å². The van der Waals surface area contributed by atoms with Gasteiger partial charge in [-0.3, -0.25) is 10.1 Å². The molecular weight excluding hydrogens is 721 g/mol. The number of fused-ring (bicyclic) bond motifs is 3. The largest absolute Gasteiger partial charge is 0.480 e. The molecule has 0 saturated heterocycles. The number of hydrogen-bond donors (Lipinski definition) is 3. The first-order valence-corrected chi connectivity index (χ1v) is 19.7. The third kappa shape index (κ3) is 8.54. The Hall–Kier alpha value is -6.16. The second kappa shape index (κ2) is 18.0. The van der Waals surface area contributed by atoms with Crippen LogP contribution in [0.1, 0.15) is 39.3 Å². The minimum absolute atomic E-state index is 0.0291. The molecule has 9 heteroatoms. The lowest BCUT2D eigenvalue weighted by molar-refractivity contribution is -0.147. The van der Waals surface area contributed by atoms with Crippen LogP contribution in [0.2, 0.25) is 0 Å². The highest BCUT2D eigenvalue weighted by Gasteiger charge is 2.40. The van der Waals surface area contributed by atoms with Crippen LogP contribution in [-0.2, 0) is 31.2 Å². The minimum atomic E-state index is -1.28. The number of carbonyl (C=O) groups excluding carboxylic acids is 2. The molecule has 7 rings (SSSR count). The Morgan fingerprint density at radius 3 is 1.54 bits per heavy atom. The summed E-state index contributed by atoms with van der Waals surface area (Å²) in [6.07, 6.45) is -0.826. The number of carboxylic acids is 1. The molecule has 0 fully saturated rings. The first-order chi connectivity index (χ1) is 27.4. The van der Waals surface area contributed by atoms with Gasteiger partial charge in [-0.25, -0.2) is 9.59 Å². The van der Waals surface area contributed by atoms with Gasteiger partial charge in [0.15, 0.2) is 0 Å². The molecule has 282 valence electrons. The van der Waals surface area contributed by atoms with Crippen LogP contribution in [0, 0.1) is 0 Å². The molecule has 0 spiro atoms. The molecule has 1 aliphatic rings. The fraction of sp³-hybridized carbons (Fsp3) is 0.170. The molecule has 8 nitrogen and oxygen atoms in total. The Kier molecular flexibility index (Phi) is 12.2. The third-order valence-electron chi connectivity index (χ3n) is 10.0. The zero-order chi connectivity index (χ0) is 38.7. The van der Waals surface area contributed by atoms with Gasteiger partial charge in [0.2, 0.25) is 0 Å². The van der Waals surface area contributed by atoms with Gasteiger partial charge >= 0.3 is 18.0 Å². The van der Waals surface area contributed by atoms with Gasteiger partial charge in [0.1, 0.15) is 25.3 Å². The van der Waals surface area contributed by atoms with Crippen molar-refractivity contribution < 1.29 is 29.0 Å². The highest BCUT2D eigenvalue weighted by molar-refractivity contribution is 7.99. The van der Waals surface area contributed by atoms with E-state index in [9.17, 15) is 19.5 Å². The van der Waals surface area contributed by atoms with Gasteiger partial charge in [-0.05, 0) is 44.5 Å². The second-order valence-electron chi connectivity index (χ2n) is 13.5. The van der Waals surface area contributed by atoms with Crippen molar-refractivity contribution >= 4 is 29.8 Å². The van der Waals surface area contributed by atoms with Crippen LogP contribution in [0.3, 0.4) is 0 Å². The quantitative estimate of drug-likeness (QED) is 0.0666. The summed E-state index contributed by atoms with van der Waals surface area (Å²) in [5, 5.41) is 16.4. The number of hydrogen-bond acceptors (Lipinski definition) is 7. The Bertz CT molecular complexity index is 2100. The van der Waals surface area contributed by atoms with Crippen LogP contribution in [0.15, 0.2) is 170 Å². The number of thioether (sulfide) groups is 1. The van der Waals surface area contributed by atoms with Crippen molar-refractivity contribution in [1.29, 1.82) is 0 Å². The summed E-state index contributed by atoms with van der Waals surface area (Å²) in [6.45, 7) is 0.123. The molecule has 0 heterocycles. The summed E-state index contributed by atoms with van der Waals surface area (Å²) in [4.78, 5) is 39.8. The van der Waals surface area contributed by atoms with Crippen molar-refractivity contribution in [2.75, 3.05) is 18.1 Å². The number of alkyl carbamates (subject to hydrolysis) is 1. The SMILES string of the molecule is O=C(N[C@@H](CSC[C@H](NC(c1ccccc1)(c1ccccc1)c1ccccc1)C(=O)OCc1ccccc1)C(=O)O)OCC1c2ccccc2-c2ccccc21. The molecule has 0 radical (unpaired) electrons. The number of carboxylic acid groups (broad SMARTS) is 1. The van der Waals surface area contributed by atoms with E-state index in [1.54, 1.807) is 0 Å². The Morgan fingerprint density at radius 1 is 0.589 bits per heavy atom. The summed E-state index contributed by atoms with van der Waals surface area (Å²) >= 11 is 1.23. The predicted octanol–water partition coefficient (Wildman–Crippen LogP) is 8.41. The third-order valence-corrected chi connectivity index (χ3v) is 11.2. The van der Waals surface area contributed by atoms with E-state index in [2.05, 4.69) is 22.8 Å².